The van der Waals surface area contributed by atoms with Crippen molar-refractivity contribution in [3.63, 3.8) is 0 Å². The molecule has 0 heterocycles. The molecule has 0 saturated carbocycles. The average Bonchev–Trinajstić information content (AvgIpc) is 0.848. The average molecular weight is 1520 g/mol. The standard InChI is InChI=1S/C46H39NO10S.C45H37NO8/c1-53-47-30-41(55-45(49)39-26-20-36(21-27-39)33-14-8-4-9-15-33)43(56-46(50)40-28-22-37(23-29-40)34-16-10-5-11-17-34)42(57-58(2,51)52)31-54-44(48)38-24-18-35(19-25-38)32-12-6-3-7-13-32;1-51-46-29-41(53-44(49)38-25-19-35(20-26-38)32-13-7-3-8-14-32)42(54-45(50)39-27-21-36(22-28-39)33-15-9-4-10-16-33)40(47)30-52-43(48)37-23-17-34(18-24-37)31-11-5-2-6-12-31/h3-30,41-43H,31H2,1-2H3;2-29,40-42,47H,30H2,1H3/b47-30+;46-29+/t41-,42+,43-;40-,41+,42-/m10/s1. The lowest BCUT2D eigenvalue weighted by Crippen LogP contribution is -2.48. The minimum Gasteiger partial charge on any atom is -0.459 e. The van der Waals surface area contributed by atoms with Gasteiger partial charge in [0.15, 0.2) is 30.5 Å². The molecule has 0 radical (unpaired) electrons. The Morgan fingerprint density at radius 1 is 0.304 bits per heavy atom. The van der Waals surface area contributed by atoms with Crippen molar-refractivity contribution in [3.05, 3.63) is 361 Å². The zero-order valence-electron chi connectivity index (χ0n) is 60.9. The maximum absolute atomic E-state index is 13.8. The molecule has 0 aliphatic heterocycles. The fourth-order valence-electron chi connectivity index (χ4n) is 11.7. The van der Waals surface area contributed by atoms with Crippen LogP contribution < -0.4 is 0 Å². The van der Waals surface area contributed by atoms with Crippen LogP contribution in [0.1, 0.15) is 62.1 Å². The first-order chi connectivity index (χ1) is 54.5. The van der Waals surface area contributed by atoms with Crippen LogP contribution >= 0.6 is 0 Å². The zero-order valence-corrected chi connectivity index (χ0v) is 61.7. The lowest BCUT2D eigenvalue weighted by Gasteiger charge is -2.30. The number of hydrogen-bond acceptors (Lipinski definition) is 20. The molecule has 0 fully saturated rings. The number of rotatable bonds is 30. The fourth-order valence-corrected chi connectivity index (χ4v) is 12.3. The lowest BCUT2D eigenvalue weighted by molar-refractivity contribution is -0.0784. The minimum absolute atomic E-state index is 0.0866. The Bertz CT molecular complexity index is 5240. The molecule has 0 aromatic heterocycles. The van der Waals surface area contributed by atoms with Gasteiger partial charge in [0.25, 0.3) is 10.1 Å². The fraction of sp³-hybridized carbons (Fsp3) is 0.121. The van der Waals surface area contributed by atoms with Crippen LogP contribution in [0.25, 0.3) is 66.8 Å². The van der Waals surface area contributed by atoms with E-state index in [9.17, 15) is 42.3 Å². The summed E-state index contributed by atoms with van der Waals surface area (Å²) in [5.74, 6) is -4.92. The maximum Gasteiger partial charge on any atom is 0.338 e. The summed E-state index contributed by atoms with van der Waals surface area (Å²) in [6, 6.07) is 97.5. The molecular formula is C91H76N2O18S. The molecule has 0 amide bonds. The number of aliphatic hydroxyl groups is 1. The van der Waals surface area contributed by atoms with Crippen LogP contribution in [-0.2, 0) is 52.4 Å². The number of carbonyl (C=O) groups excluding carboxylic acids is 6. The molecule has 12 rings (SSSR count). The van der Waals surface area contributed by atoms with Crippen LogP contribution in [0.5, 0.6) is 0 Å². The molecule has 1 N–H and O–H groups in total. The largest absolute Gasteiger partial charge is 0.459 e. The Morgan fingerprint density at radius 2 is 0.518 bits per heavy atom. The van der Waals surface area contributed by atoms with Crippen molar-refractivity contribution in [1.82, 2.24) is 0 Å². The van der Waals surface area contributed by atoms with Crippen molar-refractivity contribution < 1.29 is 84.6 Å². The SMILES string of the molecule is CO/N=C/[C@@H](OC(=O)c1ccc(-c2ccccc2)cc1)[C@@H](OC(=O)c1ccc(-c2ccccc2)cc1)[C@@H](O)COC(=O)c1ccc(-c2ccccc2)cc1.CO/N=C/[C@@H](OC(=O)c1ccc(-c2ccccc2)cc1)[C@@H](OC(=O)c1ccc(-c2ccccc2)cc1)[C@H](COC(=O)c1ccc(-c2ccccc2)cc1)OS(C)(=O)=O. The Labute approximate surface area is 647 Å². The normalized spacial score (nSPS) is 12.8. The molecule has 0 saturated heterocycles. The summed E-state index contributed by atoms with van der Waals surface area (Å²) in [6.45, 7) is -1.36. The Balaban J connectivity index is 0.000000222. The van der Waals surface area contributed by atoms with Crippen LogP contribution in [-0.4, -0.2) is 132 Å². The molecule has 564 valence electrons. The molecule has 0 unspecified atom stereocenters. The van der Waals surface area contributed by atoms with Gasteiger partial charge in [-0.15, -0.1) is 0 Å². The number of carbonyl (C=O) groups is 6. The number of hydrogen-bond donors (Lipinski definition) is 1. The van der Waals surface area contributed by atoms with E-state index in [-0.39, 0.29) is 33.4 Å². The predicted molar refractivity (Wildman–Crippen MR) is 425 cm³/mol. The van der Waals surface area contributed by atoms with Gasteiger partial charge in [0.1, 0.15) is 33.5 Å². The summed E-state index contributed by atoms with van der Waals surface area (Å²) >= 11 is 0. The Kier molecular flexibility index (Phi) is 27.9. The first-order valence-electron chi connectivity index (χ1n) is 35.3. The quantitative estimate of drug-likeness (QED) is 0.0144. The highest BCUT2D eigenvalue weighted by Crippen LogP contribution is 2.29. The first kappa shape index (κ1) is 79.3. The highest BCUT2D eigenvalue weighted by Gasteiger charge is 2.41. The van der Waals surface area contributed by atoms with Crippen molar-refractivity contribution in [2.24, 2.45) is 10.3 Å². The molecule has 0 aliphatic carbocycles. The Hall–Kier alpha value is -13.7. The van der Waals surface area contributed by atoms with E-state index in [1.54, 1.807) is 133 Å². The third-order valence-electron chi connectivity index (χ3n) is 17.4. The Morgan fingerprint density at radius 3 is 0.768 bits per heavy atom. The second-order valence-electron chi connectivity index (χ2n) is 25.1. The highest BCUT2D eigenvalue weighted by molar-refractivity contribution is 7.86. The summed E-state index contributed by atoms with van der Waals surface area (Å²) in [7, 11) is -1.79. The molecular weight excluding hydrogens is 1440 g/mol. The number of oxime groups is 2. The van der Waals surface area contributed by atoms with Crippen LogP contribution in [0.2, 0.25) is 0 Å². The van der Waals surface area contributed by atoms with E-state index in [0.29, 0.717) is 0 Å². The predicted octanol–water partition coefficient (Wildman–Crippen LogP) is 16.6. The van der Waals surface area contributed by atoms with E-state index in [4.69, 9.17) is 42.3 Å². The highest BCUT2D eigenvalue weighted by atomic mass is 32.2. The molecule has 0 spiro atoms. The molecule has 0 bridgehead atoms. The van der Waals surface area contributed by atoms with Gasteiger partial charge in [0, 0.05) is 0 Å². The van der Waals surface area contributed by atoms with Crippen LogP contribution in [0, 0.1) is 0 Å². The zero-order chi connectivity index (χ0) is 78.6. The molecule has 6 atom stereocenters. The maximum atomic E-state index is 13.8. The van der Waals surface area contributed by atoms with Gasteiger partial charge < -0.3 is 43.2 Å². The molecule has 21 heteroatoms. The van der Waals surface area contributed by atoms with Gasteiger partial charge in [0.2, 0.25) is 0 Å². The van der Waals surface area contributed by atoms with Gasteiger partial charge in [-0.2, -0.15) is 8.42 Å². The van der Waals surface area contributed by atoms with Crippen molar-refractivity contribution >= 4 is 58.4 Å². The molecule has 112 heavy (non-hydrogen) atoms. The third-order valence-corrected chi connectivity index (χ3v) is 18.0. The molecule has 12 aromatic rings. The number of benzene rings is 12. The molecule has 0 aliphatic rings. The van der Waals surface area contributed by atoms with Gasteiger partial charge in [-0.05, 0) is 140 Å². The lowest BCUT2D eigenvalue weighted by atomic mass is 10.0. The van der Waals surface area contributed by atoms with E-state index in [0.717, 1.165) is 85.4 Å². The van der Waals surface area contributed by atoms with E-state index in [1.807, 2.05) is 182 Å². The van der Waals surface area contributed by atoms with Crippen LogP contribution in [0.4, 0.5) is 0 Å². The molecule has 12 aromatic carbocycles. The van der Waals surface area contributed by atoms with Crippen molar-refractivity contribution in [2.75, 3.05) is 33.7 Å². The van der Waals surface area contributed by atoms with Crippen molar-refractivity contribution in [1.29, 1.82) is 0 Å². The van der Waals surface area contributed by atoms with E-state index in [2.05, 4.69) is 10.3 Å². The first-order valence-corrected chi connectivity index (χ1v) is 37.1. The van der Waals surface area contributed by atoms with Gasteiger partial charge in [0.05, 0.1) is 52.1 Å². The summed E-state index contributed by atoms with van der Waals surface area (Å²) in [5, 5.41) is 19.0. The van der Waals surface area contributed by atoms with Crippen molar-refractivity contribution in [3.8, 4) is 66.8 Å². The van der Waals surface area contributed by atoms with E-state index in [1.165, 1.54) is 26.4 Å². The van der Waals surface area contributed by atoms with Crippen LogP contribution in [0.15, 0.2) is 338 Å². The molecule has 20 nitrogen and oxygen atoms in total. The van der Waals surface area contributed by atoms with Gasteiger partial charge in [-0.1, -0.05) is 265 Å². The number of esters is 6. The number of nitrogens with zero attached hydrogens (tertiary/aromatic N) is 2. The van der Waals surface area contributed by atoms with Crippen LogP contribution in [0.3, 0.4) is 0 Å². The topological polar surface area (TPSA) is 265 Å². The van der Waals surface area contributed by atoms with Gasteiger partial charge in [-0.3, -0.25) is 4.18 Å². The number of ether oxygens (including phenoxy) is 6. The smallest absolute Gasteiger partial charge is 0.338 e. The van der Waals surface area contributed by atoms with Gasteiger partial charge >= 0.3 is 35.8 Å². The second kappa shape index (κ2) is 39.4. The summed E-state index contributed by atoms with van der Waals surface area (Å²) in [6.07, 6.45) is -6.91. The monoisotopic (exact) mass is 1520 g/mol. The number of aliphatic hydroxyl groups excluding tert-OH is 1. The summed E-state index contributed by atoms with van der Waals surface area (Å²) < 4.78 is 65.3. The third kappa shape index (κ3) is 22.5. The second-order valence-corrected chi connectivity index (χ2v) is 26.7. The summed E-state index contributed by atoms with van der Waals surface area (Å²) in [4.78, 5) is 90.7. The van der Waals surface area contributed by atoms with Gasteiger partial charge in [-0.25, -0.2) is 28.8 Å². The van der Waals surface area contributed by atoms with E-state index < -0.39 is 95.8 Å². The summed E-state index contributed by atoms with van der Waals surface area (Å²) in [5.41, 5.74) is 11.9. The van der Waals surface area contributed by atoms with Crippen molar-refractivity contribution in [2.45, 2.75) is 36.6 Å². The van der Waals surface area contributed by atoms with E-state index >= 15 is 0 Å². The minimum atomic E-state index is -4.32.